The number of ether oxygens (including phenoxy) is 3. The molecule has 128 valence electrons. The van der Waals surface area contributed by atoms with E-state index in [4.69, 9.17) is 14.2 Å². The normalized spacial score (nSPS) is 14.8. The molecule has 0 aromatic heterocycles. The van der Waals surface area contributed by atoms with Crippen LogP contribution in [0.4, 0.5) is 11.4 Å². The molecule has 0 bridgehead atoms. The molecular weight excluding hydrogens is 324 g/mol. The molecule has 0 atom stereocenters. The minimum Gasteiger partial charge on any atom is -0.454 e. The number of nitrogens with zero attached hydrogens (tertiary/aromatic N) is 1. The Bertz CT molecular complexity index is 865. The van der Waals surface area contributed by atoms with Gasteiger partial charge >= 0.3 is 5.97 Å². The lowest BCUT2D eigenvalue weighted by Gasteiger charge is -2.29. The summed E-state index contributed by atoms with van der Waals surface area (Å²) in [4.78, 5) is 25.9. The Morgan fingerprint density at radius 2 is 1.92 bits per heavy atom. The van der Waals surface area contributed by atoms with Gasteiger partial charge in [-0.1, -0.05) is 6.07 Å². The number of rotatable bonds is 3. The van der Waals surface area contributed by atoms with Crippen molar-refractivity contribution in [3.05, 3.63) is 42.0 Å². The number of nitrogens with one attached hydrogen (secondary N) is 1. The van der Waals surface area contributed by atoms with Crippen LogP contribution in [0.15, 0.2) is 36.4 Å². The van der Waals surface area contributed by atoms with E-state index >= 15 is 0 Å². The number of anilines is 2. The second kappa shape index (κ2) is 6.01. The number of hydrogen-bond donors (Lipinski definition) is 1. The fraction of sp³-hybridized carbons (Fsp3) is 0.222. The van der Waals surface area contributed by atoms with Crippen LogP contribution in [0.5, 0.6) is 17.2 Å². The van der Waals surface area contributed by atoms with Gasteiger partial charge in [-0.2, -0.15) is 0 Å². The van der Waals surface area contributed by atoms with E-state index in [1.807, 2.05) is 19.1 Å². The third-order valence-corrected chi connectivity index (χ3v) is 3.99. The van der Waals surface area contributed by atoms with E-state index in [1.165, 1.54) is 0 Å². The predicted molar refractivity (Wildman–Crippen MR) is 90.2 cm³/mol. The zero-order valence-electron chi connectivity index (χ0n) is 13.6. The van der Waals surface area contributed by atoms with Gasteiger partial charge in [-0.3, -0.25) is 4.79 Å². The first-order valence-corrected chi connectivity index (χ1v) is 7.84. The zero-order chi connectivity index (χ0) is 17.4. The molecule has 7 heteroatoms. The number of aryl methyl sites for hydroxylation is 1. The van der Waals surface area contributed by atoms with E-state index in [2.05, 4.69) is 5.32 Å². The Labute approximate surface area is 144 Å². The first-order valence-electron chi connectivity index (χ1n) is 7.84. The van der Waals surface area contributed by atoms with Crippen LogP contribution in [0, 0.1) is 6.92 Å². The fourth-order valence-electron chi connectivity index (χ4n) is 2.85. The summed E-state index contributed by atoms with van der Waals surface area (Å²) in [7, 11) is 0. The number of fused-ring (bicyclic) bond motifs is 2. The highest BCUT2D eigenvalue weighted by atomic mass is 16.7. The summed E-state index contributed by atoms with van der Waals surface area (Å²) in [6.07, 6.45) is 0. The highest BCUT2D eigenvalue weighted by Gasteiger charge is 2.26. The van der Waals surface area contributed by atoms with Gasteiger partial charge in [0.25, 0.3) is 0 Å². The van der Waals surface area contributed by atoms with E-state index in [0.717, 1.165) is 11.3 Å². The standard InChI is InChI=1S/C18H16N2O5/c1-11-2-4-14-13(6-11)20(9-18(22)25-14)8-17(21)19-12-3-5-15-16(7-12)24-10-23-15/h2-7H,8-10H2,1H3,(H,19,21). The van der Waals surface area contributed by atoms with Crippen molar-refractivity contribution >= 4 is 23.3 Å². The maximum atomic E-state index is 12.4. The Balaban J connectivity index is 1.49. The summed E-state index contributed by atoms with van der Waals surface area (Å²) in [5.74, 6) is 1.10. The lowest BCUT2D eigenvalue weighted by molar-refractivity contribution is -0.133. The van der Waals surface area contributed by atoms with Gasteiger partial charge in [-0.05, 0) is 36.8 Å². The molecule has 0 unspecified atom stereocenters. The minimum absolute atomic E-state index is 0.0328. The van der Waals surface area contributed by atoms with Gasteiger partial charge < -0.3 is 24.4 Å². The van der Waals surface area contributed by atoms with Crippen LogP contribution in [-0.4, -0.2) is 31.8 Å². The molecule has 4 rings (SSSR count). The Kier molecular flexibility index (Phi) is 3.68. The topological polar surface area (TPSA) is 77.1 Å². The van der Waals surface area contributed by atoms with Crippen LogP contribution in [0.25, 0.3) is 0 Å². The van der Waals surface area contributed by atoms with Crippen molar-refractivity contribution < 1.29 is 23.8 Å². The lowest BCUT2D eigenvalue weighted by Crippen LogP contribution is -2.41. The summed E-state index contributed by atoms with van der Waals surface area (Å²) < 4.78 is 15.8. The van der Waals surface area contributed by atoms with Gasteiger partial charge in [0.05, 0.1) is 12.2 Å². The number of benzene rings is 2. The summed E-state index contributed by atoms with van der Waals surface area (Å²) in [5.41, 5.74) is 2.37. The van der Waals surface area contributed by atoms with Gasteiger partial charge in [0.2, 0.25) is 12.7 Å². The van der Waals surface area contributed by atoms with Crippen molar-refractivity contribution in [3.8, 4) is 17.2 Å². The predicted octanol–water partition coefficient (Wildman–Crippen LogP) is 2.09. The summed E-state index contributed by atoms with van der Waals surface area (Å²) in [5, 5.41) is 2.81. The molecule has 25 heavy (non-hydrogen) atoms. The molecule has 2 aliphatic rings. The van der Waals surface area contributed by atoms with E-state index in [9.17, 15) is 9.59 Å². The van der Waals surface area contributed by atoms with Gasteiger partial charge in [0, 0.05) is 11.8 Å². The average Bonchev–Trinajstić information content (AvgIpc) is 3.03. The molecule has 2 aromatic carbocycles. The Morgan fingerprint density at radius 1 is 1.12 bits per heavy atom. The zero-order valence-corrected chi connectivity index (χ0v) is 13.6. The van der Waals surface area contributed by atoms with Crippen molar-refractivity contribution in [3.63, 3.8) is 0 Å². The Hall–Kier alpha value is -3.22. The third-order valence-electron chi connectivity index (χ3n) is 3.99. The summed E-state index contributed by atoms with van der Waals surface area (Å²) in [6.45, 7) is 2.20. The number of esters is 1. The van der Waals surface area contributed by atoms with E-state index in [-0.39, 0.29) is 31.8 Å². The third kappa shape index (κ3) is 3.08. The van der Waals surface area contributed by atoms with E-state index < -0.39 is 0 Å². The highest BCUT2D eigenvalue weighted by Crippen LogP contribution is 2.35. The van der Waals surface area contributed by atoms with E-state index in [0.29, 0.717) is 22.9 Å². The van der Waals surface area contributed by atoms with Gasteiger partial charge in [-0.25, -0.2) is 4.79 Å². The fourth-order valence-corrected chi connectivity index (χ4v) is 2.85. The van der Waals surface area contributed by atoms with E-state index in [1.54, 1.807) is 29.2 Å². The molecule has 1 amide bonds. The molecule has 7 nitrogen and oxygen atoms in total. The molecular formula is C18H16N2O5. The summed E-state index contributed by atoms with van der Waals surface area (Å²) >= 11 is 0. The molecule has 2 heterocycles. The maximum Gasteiger partial charge on any atom is 0.331 e. The van der Waals surface area contributed by atoms with Crippen molar-refractivity contribution in [2.24, 2.45) is 0 Å². The van der Waals surface area contributed by atoms with Gasteiger partial charge in [0.1, 0.15) is 6.54 Å². The second-order valence-electron chi connectivity index (χ2n) is 5.92. The maximum absolute atomic E-state index is 12.4. The monoisotopic (exact) mass is 340 g/mol. The van der Waals surface area contributed by atoms with Crippen molar-refractivity contribution in [2.75, 3.05) is 30.1 Å². The molecule has 0 saturated carbocycles. The van der Waals surface area contributed by atoms with Gasteiger partial charge in [-0.15, -0.1) is 0 Å². The first-order chi connectivity index (χ1) is 12.1. The van der Waals surface area contributed by atoms with Crippen LogP contribution in [0.3, 0.4) is 0 Å². The first kappa shape index (κ1) is 15.3. The second-order valence-corrected chi connectivity index (χ2v) is 5.92. The van der Waals surface area contributed by atoms with Crippen molar-refractivity contribution in [1.82, 2.24) is 0 Å². The molecule has 0 fully saturated rings. The number of carbonyl (C=O) groups is 2. The highest BCUT2D eigenvalue weighted by molar-refractivity contribution is 5.96. The van der Waals surface area contributed by atoms with Crippen molar-refractivity contribution in [2.45, 2.75) is 6.92 Å². The number of carbonyl (C=O) groups excluding carboxylic acids is 2. The molecule has 2 aliphatic heterocycles. The Morgan fingerprint density at radius 3 is 2.80 bits per heavy atom. The largest absolute Gasteiger partial charge is 0.454 e. The van der Waals surface area contributed by atoms with Crippen LogP contribution >= 0.6 is 0 Å². The van der Waals surface area contributed by atoms with Crippen LogP contribution in [0.1, 0.15) is 5.56 Å². The SMILES string of the molecule is Cc1ccc2c(c1)N(CC(=O)Nc1ccc3c(c1)OCO3)CC(=O)O2. The van der Waals surface area contributed by atoms with Crippen molar-refractivity contribution in [1.29, 1.82) is 0 Å². The minimum atomic E-state index is -0.382. The molecule has 0 saturated heterocycles. The van der Waals surface area contributed by atoms with Gasteiger partial charge in [0.15, 0.2) is 17.2 Å². The summed E-state index contributed by atoms with van der Waals surface area (Å²) in [6, 6.07) is 10.7. The lowest BCUT2D eigenvalue weighted by atomic mass is 10.1. The van der Waals surface area contributed by atoms with Crippen LogP contribution in [0.2, 0.25) is 0 Å². The van der Waals surface area contributed by atoms with Crippen LogP contribution in [-0.2, 0) is 9.59 Å². The number of hydrogen-bond acceptors (Lipinski definition) is 6. The number of amides is 1. The molecule has 0 spiro atoms. The smallest absolute Gasteiger partial charge is 0.331 e. The molecule has 1 N–H and O–H groups in total. The van der Waals surface area contributed by atoms with Crippen LogP contribution < -0.4 is 24.4 Å². The quantitative estimate of drug-likeness (QED) is 0.681. The molecule has 0 radical (unpaired) electrons. The average molecular weight is 340 g/mol. The molecule has 0 aliphatic carbocycles. The molecule has 2 aromatic rings.